The average molecular weight is 368 g/mol. The third kappa shape index (κ3) is 3.29. The van der Waals surface area contributed by atoms with Gasteiger partial charge in [-0.25, -0.2) is 0 Å². The van der Waals surface area contributed by atoms with E-state index in [1.165, 1.54) is 18.9 Å². The first-order valence-electron chi connectivity index (χ1n) is 8.25. The van der Waals surface area contributed by atoms with E-state index in [2.05, 4.69) is 5.10 Å². The van der Waals surface area contributed by atoms with Crippen molar-refractivity contribution in [2.45, 2.75) is 20.1 Å². The lowest BCUT2D eigenvalue weighted by atomic mass is 10.1. The van der Waals surface area contributed by atoms with Crippen LogP contribution >= 0.6 is 0 Å². The molecule has 2 aromatic carbocycles. The molecule has 0 unspecified atom stereocenters. The highest BCUT2D eigenvalue weighted by Gasteiger charge is 2.34. The third-order valence-corrected chi connectivity index (χ3v) is 3.99. The van der Waals surface area contributed by atoms with Gasteiger partial charge in [0, 0.05) is 25.0 Å². The molecule has 0 aromatic heterocycles. The Kier molecular flexibility index (Phi) is 4.15. The molecule has 2 aromatic rings. The smallest absolute Gasteiger partial charge is 0.308 e. The molecule has 0 spiro atoms. The van der Waals surface area contributed by atoms with E-state index in [4.69, 9.17) is 18.9 Å². The molecule has 0 fully saturated rings. The van der Waals surface area contributed by atoms with Crippen LogP contribution in [0.4, 0.5) is 0 Å². The van der Waals surface area contributed by atoms with Crippen LogP contribution < -0.4 is 14.2 Å². The summed E-state index contributed by atoms with van der Waals surface area (Å²) < 4.78 is 21.7. The van der Waals surface area contributed by atoms with Crippen LogP contribution in [0.2, 0.25) is 0 Å². The van der Waals surface area contributed by atoms with Gasteiger partial charge in [-0.2, -0.15) is 5.01 Å². The maximum atomic E-state index is 12.1. The van der Waals surface area contributed by atoms with E-state index in [0.29, 0.717) is 28.4 Å². The van der Waals surface area contributed by atoms with Crippen molar-refractivity contribution in [1.82, 2.24) is 5.01 Å². The van der Waals surface area contributed by atoms with Gasteiger partial charge in [0.25, 0.3) is 0 Å². The van der Waals surface area contributed by atoms with Gasteiger partial charge in [0.15, 0.2) is 11.5 Å². The van der Waals surface area contributed by atoms with Gasteiger partial charge < -0.3 is 18.9 Å². The van der Waals surface area contributed by atoms with Crippen molar-refractivity contribution in [2.75, 3.05) is 6.79 Å². The summed E-state index contributed by atoms with van der Waals surface area (Å²) in [4.78, 5) is 23.3. The summed E-state index contributed by atoms with van der Waals surface area (Å²) in [6, 6.07) is 12.1. The molecule has 138 valence electrons. The van der Waals surface area contributed by atoms with E-state index in [1.807, 2.05) is 0 Å². The van der Waals surface area contributed by atoms with Gasteiger partial charge in [0.2, 0.25) is 24.8 Å². The Labute approximate surface area is 154 Å². The fourth-order valence-corrected chi connectivity index (χ4v) is 2.83. The largest absolute Gasteiger partial charge is 0.454 e. The van der Waals surface area contributed by atoms with Crippen LogP contribution in [0, 0.1) is 0 Å². The van der Waals surface area contributed by atoms with Crippen LogP contribution in [0.15, 0.2) is 47.6 Å². The maximum Gasteiger partial charge on any atom is 0.308 e. The van der Waals surface area contributed by atoms with Crippen molar-refractivity contribution in [3.63, 3.8) is 0 Å². The molecule has 0 saturated heterocycles. The number of nitrogens with zero attached hydrogens (tertiary/aromatic N) is 2. The summed E-state index contributed by atoms with van der Waals surface area (Å²) in [5, 5.41) is 5.55. The fraction of sp³-hybridized carbons (Fsp3) is 0.211. The van der Waals surface area contributed by atoms with Gasteiger partial charge in [0.05, 0.1) is 0 Å². The fourth-order valence-electron chi connectivity index (χ4n) is 2.83. The molecule has 0 aliphatic carbocycles. The lowest BCUT2D eigenvalue weighted by molar-refractivity contribution is -0.135. The second-order valence-corrected chi connectivity index (χ2v) is 5.97. The minimum atomic E-state index is -0.765. The lowest BCUT2D eigenvalue weighted by Gasteiger charge is -2.19. The Morgan fingerprint density at radius 3 is 2.70 bits per heavy atom. The van der Waals surface area contributed by atoms with Crippen LogP contribution in [-0.2, 0) is 14.3 Å². The number of amides is 1. The molecule has 27 heavy (non-hydrogen) atoms. The average Bonchev–Trinajstić information content (AvgIpc) is 3.28. The number of esters is 1. The zero-order chi connectivity index (χ0) is 19.0. The number of hydrazone groups is 1. The van der Waals surface area contributed by atoms with Crippen molar-refractivity contribution >= 4 is 17.8 Å². The SMILES string of the molecule is CC(=O)Oc1cccc([C@H]2OC(c3ccc4c(c3)OCO4)=NN2C(C)=O)c1. The van der Waals surface area contributed by atoms with Crippen molar-refractivity contribution in [2.24, 2.45) is 5.10 Å². The first-order chi connectivity index (χ1) is 13.0. The quantitative estimate of drug-likeness (QED) is 0.611. The summed E-state index contributed by atoms with van der Waals surface area (Å²) in [6.45, 7) is 2.89. The molecular weight excluding hydrogens is 352 g/mol. The molecule has 4 rings (SSSR count). The van der Waals surface area contributed by atoms with Crippen LogP contribution in [0.1, 0.15) is 31.2 Å². The first-order valence-corrected chi connectivity index (χ1v) is 8.25. The van der Waals surface area contributed by atoms with E-state index >= 15 is 0 Å². The van der Waals surface area contributed by atoms with E-state index in [-0.39, 0.29) is 18.6 Å². The van der Waals surface area contributed by atoms with E-state index in [0.717, 1.165) is 0 Å². The van der Waals surface area contributed by atoms with Gasteiger partial charge in [0.1, 0.15) is 5.75 Å². The zero-order valence-corrected chi connectivity index (χ0v) is 14.7. The second-order valence-electron chi connectivity index (χ2n) is 5.97. The van der Waals surface area contributed by atoms with Gasteiger partial charge in [-0.05, 0) is 30.3 Å². The van der Waals surface area contributed by atoms with Crippen LogP contribution in [0.3, 0.4) is 0 Å². The topological polar surface area (TPSA) is 86.7 Å². The van der Waals surface area contributed by atoms with Crippen molar-refractivity contribution < 1.29 is 28.5 Å². The van der Waals surface area contributed by atoms with E-state index < -0.39 is 12.2 Å². The summed E-state index contributed by atoms with van der Waals surface area (Å²) in [6.07, 6.45) is -0.765. The number of fused-ring (bicyclic) bond motifs is 1. The number of carbonyl (C=O) groups excluding carboxylic acids is 2. The molecule has 2 aliphatic heterocycles. The Balaban J connectivity index is 1.64. The number of benzene rings is 2. The zero-order valence-electron chi connectivity index (χ0n) is 14.7. The third-order valence-electron chi connectivity index (χ3n) is 3.99. The van der Waals surface area contributed by atoms with Gasteiger partial charge in [-0.1, -0.05) is 12.1 Å². The molecular formula is C19H16N2O6. The van der Waals surface area contributed by atoms with E-state index in [9.17, 15) is 9.59 Å². The molecule has 8 heteroatoms. The van der Waals surface area contributed by atoms with Crippen LogP contribution in [0.5, 0.6) is 17.2 Å². The first kappa shape index (κ1) is 16.9. The Bertz CT molecular complexity index is 955. The maximum absolute atomic E-state index is 12.1. The van der Waals surface area contributed by atoms with Crippen molar-refractivity contribution in [3.8, 4) is 17.2 Å². The van der Waals surface area contributed by atoms with Crippen LogP contribution in [0.25, 0.3) is 0 Å². The van der Waals surface area contributed by atoms with Gasteiger partial charge in [-0.3, -0.25) is 9.59 Å². The van der Waals surface area contributed by atoms with Gasteiger partial charge in [-0.15, -0.1) is 5.10 Å². The number of ether oxygens (including phenoxy) is 4. The highest BCUT2D eigenvalue weighted by atomic mass is 16.7. The number of carbonyl (C=O) groups is 2. The molecule has 0 N–H and O–H groups in total. The molecule has 1 amide bonds. The predicted molar refractivity (Wildman–Crippen MR) is 93.2 cm³/mol. The molecule has 2 heterocycles. The predicted octanol–water partition coefficient (Wildman–Crippen LogP) is 2.58. The molecule has 1 atom stereocenters. The Morgan fingerprint density at radius 1 is 1.11 bits per heavy atom. The van der Waals surface area contributed by atoms with Crippen molar-refractivity contribution in [3.05, 3.63) is 53.6 Å². The summed E-state index contributed by atoms with van der Waals surface area (Å²) in [5.41, 5.74) is 1.28. The highest BCUT2D eigenvalue weighted by molar-refractivity contribution is 5.97. The monoisotopic (exact) mass is 368 g/mol. The number of hydrogen-bond donors (Lipinski definition) is 0. The molecule has 0 radical (unpaired) electrons. The number of hydrogen-bond acceptors (Lipinski definition) is 7. The summed E-state index contributed by atoms with van der Waals surface area (Å²) >= 11 is 0. The lowest BCUT2D eigenvalue weighted by Crippen LogP contribution is -2.25. The highest BCUT2D eigenvalue weighted by Crippen LogP contribution is 2.36. The minimum Gasteiger partial charge on any atom is -0.454 e. The molecule has 2 aliphatic rings. The Hall–Kier alpha value is -3.55. The summed E-state index contributed by atoms with van der Waals surface area (Å²) in [7, 11) is 0. The van der Waals surface area contributed by atoms with Crippen LogP contribution in [-0.4, -0.2) is 29.6 Å². The van der Waals surface area contributed by atoms with Gasteiger partial charge >= 0.3 is 5.97 Å². The summed E-state index contributed by atoms with van der Waals surface area (Å²) in [5.74, 6) is 1.17. The standard InChI is InChI=1S/C19H16N2O6/c1-11(22)21-19(14-4-3-5-15(8-14)26-12(2)23)27-18(20-21)13-6-7-16-17(9-13)25-10-24-16/h3-9,19H,10H2,1-2H3/t19-/m1/s1. The Morgan fingerprint density at radius 2 is 1.93 bits per heavy atom. The molecule has 8 nitrogen and oxygen atoms in total. The normalized spacial score (nSPS) is 17.3. The van der Waals surface area contributed by atoms with E-state index in [1.54, 1.807) is 42.5 Å². The molecule has 0 saturated carbocycles. The molecule has 0 bridgehead atoms. The second kappa shape index (κ2) is 6.64. The van der Waals surface area contributed by atoms with Crippen molar-refractivity contribution in [1.29, 1.82) is 0 Å². The number of rotatable bonds is 3. The minimum absolute atomic E-state index is 0.164.